The molecule has 0 aromatic heterocycles. The van der Waals surface area contributed by atoms with Crippen LogP contribution in [0.2, 0.25) is 0 Å². The van der Waals surface area contributed by atoms with Crippen molar-refractivity contribution in [1.29, 1.82) is 0 Å². The van der Waals surface area contributed by atoms with Gasteiger partial charge >= 0.3 is 0 Å². The van der Waals surface area contributed by atoms with Gasteiger partial charge in [0.15, 0.2) is 0 Å². The van der Waals surface area contributed by atoms with Gasteiger partial charge in [-0.2, -0.15) is 0 Å². The van der Waals surface area contributed by atoms with Crippen LogP contribution in [-0.4, -0.2) is 26.3 Å². The molecule has 9 aromatic rings. The molecule has 0 amide bonds. The quantitative estimate of drug-likeness (QED) is 0.163. The van der Waals surface area contributed by atoms with Crippen LogP contribution in [0, 0.1) is 16.2 Å². The van der Waals surface area contributed by atoms with E-state index in [-0.39, 0.29) is 37.9 Å². The average molecular weight is 1350 g/mol. The monoisotopic (exact) mass is 1350 g/mol. The molecule has 0 unspecified atom stereocenters. The van der Waals surface area contributed by atoms with Crippen molar-refractivity contribution in [3.8, 4) is 0 Å². The number of para-hydroxylation sites is 1. The minimum absolute atomic E-state index is 0.0999. The first kappa shape index (κ1) is 75.5. The van der Waals surface area contributed by atoms with Gasteiger partial charge in [0, 0.05) is 74.3 Å². The molecule has 0 spiro atoms. The standard InChI is InChI=1S/2C18H20.C15H14S.C15H20.C13H19N.C11H14.C7H14O/c2*1-17(2)13-9-5-7-11-15(13)18(3,4)16-12-8-6-10-14(16)17;1-15(2)11-7-3-5-9-13(11)16-14-10-6-4-8-12(14)15;1-14(2,3)13-10-15(4,5)12-9-7-6-8-11(12)13;1-13(2)8-10-14(11-9-13)12-6-4-3-5-7-12;1-11(2)8-7-9-5-3-4-6-10(9)11;1-7(2)3-5-8-6-4-7/h2*5-12H,1-4H3;3-10H,1-2H3;6-10H,1-5H3;3-7H,8-11H2,1-2H3;3-6H,7-8H2,1-2H3;3-6H2,1-2H3. The van der Waals surface area contributed by atoms with E-state index < -0.39 is 0 Å². The molecular weight excluding hydrogens is 1230 g/mol. The molecule has 2 saturated heterocycles. The minimum atomic E-state index is 0.0999. The van der Waals surface area contributed by atoms with Crippen LogP contribution in [0.3, 0.4) is 0 Å². The number of aryl methyl sites for hydroxylation is 1. The van der Waals surface area contributed by atoms with Gasteiger partial charge in [-0.1, -0.05) is 363 Å². The molecule has 3 heteroatoms. The number of piperidine rings is 1. The highest BCUT2D eigenvalue weighted by Gasteiger charge is 2.43. The van der Waals surface area contributed by atoms with E-state index in [0.717, 1.165) is 13.2 Å². The predicted molar refractivity (Wildman–Crippen MR) is 434 cm³/mol. The molecule has 3 aliphatic heterocycles. The Kier molecular flexibility index (Phi) is 22.4. The SMILES string of the molecule is CC(C)(C)C1=CC(C)(C)c2ccccc21.CC1(C)CCN(c2ccccc2)CC1.CC1(C)CCOCC1.CC1(C)CCc2ccccc21.CC1(C)c2ccccc2C(C)(C)c2ccccc21.CC1(C)c2ccccc2C(C)(C)c2ccccc21.CC1(C)c2ccccc2Sc2ccccc21. The Morgan fingerprint density at radius 3 is 0.990 bits per heavy atom. The van der Waals surface area contributed by atoms with Crippen molar-refractivity contribution >= 4 is 23.0 Å². The molecule has 0 atom stereocenters. The number of rotatable bonds is 1. The second kappa shape index (κ2) is 29.7. The molecule has 4 aliphatic carbocycles. The van der Waals surface area contributed by atoms with Crippen LogP contribution in [0.4, 0.5) is 5.69 Å². The Balaban J connectivity index is 0.000000127. The third kappa shape index (κ3) is 16.3. The number of ether oxygens (including phenoxy) is 1. The zero-order chi connectivity index (χ0) is 72.3. The van der Waals surface area contributed by atoms with Crippen molar-refractivity contribution in [2.45, 2.75) is 232 Å². The number of allylic oxidation sites excluding steroid dienone is 2. The summed E-state index contributed by atoms with van der Waals surface area (Å²) < 4.78 is 5.21. The van der Waals surface area contributed by atoms with Crippen molar-refractivity contribution in [3.63, 3.8) is 0 Å². The largest absolute Gasteiger partial charge is 0.381 e. The number of fused-ring (bicyclic) bond motifs is 8. The summed E-state index contributed by atoms with van der Waals surface area (Å²) in [5.74, 6) is 0. The molecular formula is C97H121NOS. The van der Waals surface area contributed by atoms with Crippen LogP contribution in [0.1, 0.15) is 255 Å². The zero-order valence-electron chi connectivity index (χ0n) is 65.3. The summed E-state index contributed by atoms with van der Waals surface area (Å²) in [6, 6.07) is 81.3. The molecule has 3 heterocycles. The van der Waals surface area contributed by atoms with Crippen molar-refractivity contribution in [3.05, 3.63) is 308 Å². The first-order valence-corrected chi connectivity index (χ1v) is 38.4. The minimum Gasteiger partial charge on any atom is -0.381 e. The van der Waals surface area contributed by atoms with Crippen molar-refractivity contribution in [1.82, 2.24) is 0 Å². The molecule has 2 nitrogen and oxygen atoms in total. The molecule has 0 N–H and O–H groups in total. The third-order valence-corrected chi connectivity index (χ3v) is 24.7. The lowest BCUT2D eigenvalue weighted by Gasteiger charge is -2.43. The van der Waals surface area contributed by atoms with Crippen LogP contribution < -0.4 is 4.90 Å². The highest BCUT2D eigenvalue weighted by atomic mass is 32.2. The zero-order valence-corrected chi connectivity index (χ0v) is 66.1. The van der Waals surface area contributed by atoms with Gasteiger partial charge in [-0.3, -0.25) is 0 Å². The topological polar surface area (TPSA) is 12.5 Å². The third-order valence-electron chi connectivity index (χ3n) is 23.5. The number of benzene rings is 9. The summed E-state index contributed by atoms with van der Waals surface area (Å²) in [6.45, 7) is 53.1. The number of nitrogens with zero attached hydrogens (tertiary/aromatic N) is 1. The fourth-order valence-electron chi connectivity index (χ4n) is 16.6. The second-order valence-corrected chi connectivity index (χ2v) is 36.9. The molecule has 0 saturated carbocycles. The Hall–Kier alpha value is -7.17. The van der Waals surface area contributed by atoms with Crippen molar-refractivity contribution in [2.24, 2.45) is 16.2 Å². The lowest BCUT2D eigenvalue weighted by Crippen LogP contribution is -2.37. The van der Waals surface area contributed by atoms with Crippen LogP contribution >= 0.6 is 11.8 Å². The Morgan fingerprint density at radius 2 is 0.630 bits per heavy atom. The fraction of sp³-hybridized carbons (Fsp3) is 0.423. The van der Waals surface area contributed by atoms with E-state index >= 15 is 0 Å². The predicted octanol–water partition coefficient (Wildman–Crippen LogP) is 26.2. The average Bonchev–Trinajstić information content (AvgIpc) is 1.22. The van der Waals surface area contributed by atoms with Crippen LogP contribution in [-0.2, 0) is 49.1 Å². The normalized spacial score (nSPS) is 19.5. The van der Waals surface area contributed by atoms with Gasteiger partial charge in [0.05, 0.1) is 0 Å². The van der Waals surface area contributed by atoms with Crippen LogP contribution in [0.15, 0.2) is 240 Å². The van der Waals surface area contributed by atoms with Gasteiger partial charge in [-0.15, -0.1) is 0 Å². The van der Waals surface area contributed by atoms with Crippen LogP contribution in [0.5, 0.6) is 0 Å². The summed E-state index contributed by atoms with van der Waals surface area (Å²) in [7, 11) is 0. The molecule has 100 heavy (non-hydrogen) atoms. The lowest BCUT2D eigenvalue weighted by atomic mass is 9.60. The number of hydrogen-bond donors (Lipinski definition) is 0. The van der Waals surface area contributed by atoms with Crippen molar-refractivity contribution < 1.29 is 4.74 Å². The highest BCUT2D eigenvalue weighted by Crippen LogP contribution is 2.53. The lowest BCUT2D eigenvalue weighted by molar-refractivity contribution is 0.0327. The van der Waals surface area contributed by atoms with Gasteiger partial charge in [0.2, 0.25) is 0 Å². The van der Waals surface area contributed by atoms with Crippen molar-refractivity contribution in [2.75, 3.05) is 31.2 Å². The van der Waals surface area contributed by atoms with Gasteiger partial charge in [-0.25, -0.2) is 0 Å². The van der Waals surface area contributed by atoms with Gasteiger partial charge in [0.25, 0.3) is 0 Å². The Labute approximate surface area is 611 Å². The molecule has 0 bridgehead atoms. The Bertz CT molecular complexity index is 3900. The van der Waals surface area contributed by atoms with Gasteiger partial charge < -0.3 is 9.64 Å². The van der Waals surface area contributed by atoms with Gasteiger partial charge in [-0.05, 0) is 168 Å². The van der Waals surface area contributed by atoms with E-state index in [9.17, 15) is 0 Å². The molecule has 7 aliphatic rings. The van der Waals surface area contributed by atoms with E-state index in [4.69, 9.17) is 4.74 Å². The molecule has 16 rings (SSSR count). The number of anilines is 1. The maximum Gasteiger partial charge on any atom is 0.0471 e. The van der Waals surface area contributed by atoms with E-state index in [1.165, 1.54) is 139 Å². The molecule has 526 valence electrons. The van der Waals surface area contributed by atoms with E-state index in [1.807, 2.05) is 11.8 Å². The maximum atomic E-state index is 5.21. The smallest absolute Gasteiger partial charge is 0.0471 e. The first-order valence-electron chi connectivity index (χ1n) is 37.6. The van der Waals surface area contributed by atoms with E-state index in [1.54, 1.807) is 11.1 Å². The van der Waals surface area contributed by atoms with Gasteiger partial charge in [0.1, 0.15) is 0 Å². The summed E-state index contributed by atoms with van der Waals surface area (Å²) in [5.41, 5.74) is 26.0. The fourth-order valence-corrected chi connectivity index (χ4v) is 18.0. The summed E-state index contributed by atoms with van der Waals surface area (Å²) in [6.07, 6.45) is 10.1. The van der Waals surface area contributed by atoms with Crippen LogP contribution in [0.25, 0.3) is 5.57 Å². The maximum absolute atomic E-state index is 5.21. The second-order valence-electron chi connectivity index (χ2n) is 35.8. The summed E-state index contributed by atoms with van der Waals surface area (Å²) in [4.78, 5) is 5.28. The summed E-state index contributed by atoms with van der Waals surface area (Å²) in [5, 5.41) is 0. The molecule has 0 radical (unpaired) electrons. The van der Waals surface area contributed by atoms with E-state index in [2.05, 4.69) is 381 Å². The number of hydrogen-bond acceptors (Lipinski definition) is 3. The summed E-state index contributed by atoms with van der Waals surface area (Å²) >= 11 is 1.88. The highest BCUT2D eigenvalue weighted by molar-refractivity contribution is 7.99. The molecule has 9 aromatic carbocycles. The van der Waals surface area contributed by atoms with E-state index in [0.29, 0.717) is 16.2 Å². The molecule has 2 fully saturated rings. The first-order chi connectivity index (χ1) is 47.0. The Morgan fingerprint density at radius 1 is 0.320 bits per heavy atom.